The van der Waals surface area contributed by atoms with E-state index in [0.29, 0.717) is 4.90 Å². The molecule has 1 heterocycles. The minimum absolute atomic E-state index is 0.184. The van der Waals surface area contributed by atoms with Crippen LogP contribution in [-0.2, 0) is 19.1 Å². The van der Waals surface area contributed by atoms with E-state index in [1.165, 1.54) is 6.08 Å². The molecule has 13 heteroatoms. The number of carbonyl (C=O) groups is 3. The number of ether oxygens (including phenoxy) is 2. The van der Waals surface area contributed by atoms with Crippen LogP contribution in [0.15, 0.2) is 61.2 Å². The first-order chi connectivity index (χ1) is 19.2. The number of alkyl halides is 6. The van der Waals surface area contributed by atoms with E-state index in [2.05, 4.69) is 6.58 Å². The molecule has 0 saturated carbocycles. The molecule has 7 nitrogen and oxygen atoms in total. The van der Waals surface area contributed by atoms with Crippen molar-refractivity contribution in [3.05, 3.63) is 72.3 Å². The molecule has 2 aromatic carbocycles. The standard InChI is InChI=1S/C28H26F6N2O5/c1-3-12-40-23(37)13-22(24(38)36-15-26(29,30)28(33,34)27(31,32)16-36)35(2)25(39)41-14-21-19-10-6-4-8-17(19)18-9-5-7-11-20(18)21/h3-11,21-22H,1,12-16H2,2H3/t22-/m0/s1. The van der Waals surface area contributed by atoms with Gasteiger partial charge in [-0.05, 0) is 22.3 Å². The van der Waals surface area contributed by atoms with Gasteiger partial charge in [-0.1, -0.05) is 61.2 Å². The van der Waals surface area contributed by atoms with Crippen molar-refractivity contribution >= 4 is 18.0 Å². The summed E-state index contributed by atoms with van der Waals surface area (Å²) in [6, 6.07) is 12.9. The van der Waals surface area contributed by atoms with Crippen LogP contribution < -0.4 is 0 Å². The highest BCUT2D eigenvalue weighted by atomic mass is 19.3. The van der Waals surface area contributed by atoms with Gasteiger partial charge in [0.15, 0.2) is 0 Å². The second-order valence-corrected chi connectivity index (χ2v) is 9.78. The summed E-state index contributed by atoms with van der Waals surface area (Å²) in [6.45, 7) is -1.27. The number of likely N-dealkylation sites (N-methyl/N-ethyl adjacent to an activating group) is 1. The number of hydrogen-bond donors (Lipinski definition) is 0. The molecule has 1 aliphatic carbocycles. The lowest BCUT2D eigenvalue weighted by Gasteiger charge is -2.44. The predicted molar refractivity (Wildman–Crippen MR) is 134 cm³/mol. The van der Waals surface area contributed by atoms with Crippen LogP contribution >= 0.6 is 0 Å². The third-order valence-corrected chi connectivity index (χ3v) is 7.11. The molecule has 0 unspecified atom stereocenters. The van der Waals surface area contributed by atoms with Gasteiger partial charge in [-0.25, -0.2) is 4.79 Å². The lowest BCUT2D eigenvalue weighted by Crippen LogP contribution is -2.69. The van der Waals surface area contributed by atoms with E-state index in [-0.39, 0.29) is 18.1 Å². The zero-order valence-corrected chi connectivity index (χ0v) is 21.8. The van der Waals surface area contributed by atoms with Crippen molar-refractivity contribution in [3.8, 4) is 11.1 Å². The van der Waals surface area contributed by atoms with Gasteiger partial charge >= 0.3 is 29.8 Å². The highest BCUT2D eigenvalue weighted by Crippen LogP contribution is 2.49. The molecule has 0 aromatic heterocycles. The van der Waals surface area contributed by atoms with Crippen LogP contribution in [-0.4, -0.2) is 84.9 Å². The summed E-state index contributed by atoms with van der Waals surface area (Å²) in [5.41, 5.74) is 3.59. The third kappa shape index (κ3) is 5.49. The lowest BCUT2D eigenvalue weighted by atomic mass is 9.97. The van der Waals surface area contributed by atoms with Gasteiger partial charge in [0, 0.05) is 13.0 Å². The van der Waals surface area contributed by atoms with Crippen molar-refractivity contribution in [1.82, 2.24) is 9.80 Å². The van der Waals surface area contributed by atoms with Gasteiger partial charge in [0.05, 0.1) is 19.5 Å². The Bertz CT molecular complexity index is 1290. The molecular formula is C28H26F6N2O5. The number of amides is 2. The molecule has 4 rings (SSSR count). The Morgan fingerprint density at radius 3 is 1.98 bits per heavy atom. The Kier molecular flexibility index (Phi) is 8.10. The highest BCUT2D eigenvalue weighted by Gasteiger charge is 2.75. The number of likely N-dealkylation sites (tertiary alicyclic amines) is 1. The molecule has 2 amide bonds. The van der Waals surface area contributed by atoms with Gasteiger partial charge in [-0.3, -0.25) is 14.5 Å². The minimum Gasteiger partial charge on any atom is -0.461 e. The van der Waals surface area contributed by atoms with E-state index in [9.17, 15) is 40.7 Å². The maximum Gasteiger partial charge on any atom is 0.410 e. The van der Waals surface area contributed by atoms with Gasteiger partial charge in [0.2, 0.25) is 5.91 Å². The number of hydrogen-bond acceptors (Lipinski definition) is 5. The van der Waals surface area contributed by atoms with Crippen LogP contribution in [0.4, 0.5) is 31.1 Å². The normalized spacial score (nSPS) is 19.0. The van der Waals surface area contributed by atoms with E-state index in [1.54, 1.807) is 0 Å². The average Bonchev–Trinajstić information content (AvgIpc) is 3.25. The number of nitrogens with zero attached hydrogens (tertiary/aromatic N) is 2. The SMILES string of the molecule is C=CCOC(=O)C[C@@H](C(=O)N1CC(F)(F)C(F)(F)C(F)(F)C1)N(C)C(=O)OCC1c2ccccc2-c2ccccc21. The summed E-state index contributed by atoms with van der Waals surface area (Å²) in [5.74, 6) is -19.3. The first-order valence-corrected chi connectivity index (χ1v) is 12.5. The fourth-order valence-corrected chi connectivity index (χ4v) is 4.95. The minimum atomic E-state index is -5.71. The summed E-state index contributed by atoms with van der Waals surface area (Å²) < 4.78 is 93.8. The van der Waals surface area contributed by atoms with Crippen molar-refractivity contribution < 1.29 is 50.2 Å². The maximum absolute atomic E-state index is 14.0. The van der Waals surface area contributed by atoms with Gasteiger partial charge < -0.3 is 14.4 Å². The predicted octanol–water partition coefficient (Wildman–Crippen LogP) is 5.10. The molecule has 0 radical (unpaired) electrons. The molecule has 1 aliphatic heterocycles. The number of carbonyl (C=O) groups excluding carboxylic acids is 3. The summed E-state index contributed by atoms with van der Waals surface area (Å²) in [4.78, 5) is 38.9. The van der Waals surface area contributed by atoms with Gasteiger partial charge in [-0.15, -0.1) is 0 Å². The van der Waals surface area contributed by atoms with Crippen molar-refractivity contribution in [2.45, 2.75) is 36.1 Å². The zero-order valence-electron chi connectivity index (χ0n) is 21.8. The van der Waals surface area contributed by atoms with E-state index < -0.39 is 67.2 Å². The smallest absolute Gasteiger partial charge is 0.410 e. The third-order valence-electron chi connectivity index (χ3n) is 7.11. The quantitative estimate of drug-likeness (QED) is 0.245. The number of benzene rings is 2. The molecule has 1 atom stereocenters. The lowest BCUT2D eigenvalue weighted by molar-refractivity contribution is -0.335. The monoisotopic (exact) mass is 584 g/mol. The maximum atomic E-state index is 14.0. The largest absolute Gasteiger partial charge is 0.461 e. The van der Waals surface area contributed by atoms with E-state index in [4.69, 9.17) is 9.47 Å². The highest BCUT2D eigenvalue weighted by molar-refractivity contribution is 5.90. The molecule has 2 aromatic rings. The molecule has 1 fully saturated rings. The topological polar surface area (TPSA) is 76.2 Å². The van der Waals surface area contributed by atoms with Crippen LogP contribution in [0, 0.1) is 0 Å². The number of fused-ring (bicyclic) bond motifs is 3. The Labute approximate surface area is 231 Å². The number of rotatable bonds is 8. The molecule has 0 N–H and O–H groups in total. The molecule has 0 bridgehead atoms. The second kappa shape index (κ2) is 11.1. The summed E-state index contributed by atoms with van der Waals surface area (Å²) in [7, 11) is 0.997. The first-order valence-electron chi connectivity index (χ1n) is 12.5. The number of esters is 1. The van der Waals surface area contributed by atoms with Gasteiger partial charge in [0.25, 0.3) is 0 Å². The Balaban J connectivity index is 1.55. The van der Waals surface area contributed by atoms with Crippen molar-refractivity contribution in [1.29, 1.82) is 0 Å². The van der Waals surface area contributed by atoms with Crippen molar-refractivity contribution in [2.24, 2.45) is 0 Å². The Morgan fingerprint density at radius 1 is 0.951 bits per heavy atom. The summed E-state index contributed by atoms with van der Waals surface area (Å²) >= 11 is 0. The molecule has 220 valence electrons. The average molecular weight is 585 g/mol. The van der Waals surface area contributed by atoms with Gasteiger partial charge in [-0.2, -0.15) is 26.3 Å². The summed E-state index contributed by atoms with van der Waals surface area (Å²) in [6.07, 6.45) is -0.933. The molecule has 0 spiro atoms. The van der Waals surface area contributed by atoms with Crippen molar-refractivity contribution in [2.75, 3.05) is 33.4 Å². The van der Waals surface area contributed by atoms with Crippen LogP contribution in [0.1, 0.15) is 23.5 Å². The van der Waals surface area contributed by atoms with E-state index >= 15 is 0 Å². The zero-order chi connectivity index (χ0) is 30.2. The van der Waals surface area contributed by atoms with Crippen molar-refractivity contribution in [3.63, 3.8) is 0 Å². The van der Waals surface area contributed by atoms with E-state index in [0.717, 1.165) is 29.3 Å². The molecular weight excluding hydrogens is 558 g/mol. The fraction of sp³-hybridized carbons (Fsp3) is 0.393. The van der Waals surface area contributed by atoms with Crippen LogP contribution in [0.25, 0.3) is 11.1 Å². The van der Waals surface area contributed by atoms with Crippen LogP contribution in [0.5, 0.6) is 0 Å². The number of piperidine rings is 1. The molecule has 2 aliphatic rings. The number of halogens is 6. The summed E-state index contributed by atoms with van der Waals surface area (Å²) in [5, 5.41) is 0. The second-order valence-electron chi connectivity index (χ2n) is 9.78. The van der Waals surface area contributed by atoms with E-state index in [1.807, 2.05) is 48.5 Å². The Morgan fingerprint density at radius 2 is 1.46 bits per heavy atom. The molecule has 41 heavy (non-hydrogen) atoms. The fourth-order valence-electron chi connectivity index (χ4n) is 4.95. The van der Waals surface area contributed by atoms with Crippen LogP contribution in [0.3, 0.4) is 0 Å². The molecule has 1 saturated heterocycles. The van der Waals surface area contributed by atoms with Crippen LogP contribution in [0.2, 0.25) is 0 Å². The van der Waals surface area contributed by atoms with Gasteiger partial charge in [0.1, 0.15) is 19.3 Å². The Hall–Kier alpha value is -4.03. The first kappa shape index (κ1) is 29.9.